The second-order valence-electron chi connectivity index (χ2n) is 6.28. The van der Waals surface area contributed by atoms with Gasteiger partial charge in [-0.2, -0.15) is 0 Å². The van der Waals surface area contributed by atoms with Gasteiger partial charge in [0.25, 0.3) is 0 Å². The Hall–Kier alpha value is -1.88. The highest BCUT2D eigenvalue weighted by Gasteiger charge is 2.16. The molecule has 0 aliphatic carbocycles. The molecule has 1 heterocycles. The van der Waals surface area contributed by atoms with Crippen LogP contribution in [0.4, 0.5) is 0 Å². The topological polar surface area (TPSA) is 61.0 Å². The van der Waals surface area contributed by atoms with Crippen LogP contribution in [0.2, 0.25) is 0 Å². The zero-order valence-electron chi connectivity index (χ0n) is 13.9. The molecule has 0 aliphatic heterocycles. The van der Waals surface area contributed by atoms with Crippen LogP contribution in [0.5, 0.6) is 0 Å². The predicted octanol–water partition coefficient (Wildman–Crippen LogP) is 2.20. The fourth-order valence-corrected chi connectivity index (χ4v) is 2.68. The van der Waals surface area contributed by atoms with Crippen LogP contribution in [0.3, 0.4) is 0 Å². The van der Waals surface area contributed by atoms with Crippen molar-refractivity contribution in [2.75, 3.05) is 20.6 Å². The lowest BCUT2D eigenvalue weighted by molar-refractivity contribution is -0.121. The Balaban J connectivity index is 1.82. The van der Waals surface area contributed by atoms with Gasteiger partial charge >= 0.3 is 0 Å². The first-order valence-corrected chi connectivity index (χ1v) is 7.84. The summed E-state index contributed by atoms with van der Waals surface area (Å²) in [4.78, 5) is 21.9. The van der Waals surface area contributed by atoms with Crippen LogP contribution in [0.1, 0.15) is 26.1 Å². The molecule has 2 rings (SSSR count). The molecule has 2 aromatic rings. The quantitative estimate of drug-likeness (QED) is 0.824. The summed E-state index contributed by atoms with van der Waals surface area (Å²) in [5.74, 6) is 1.45. The lowest BCUT2D eigenvalue weighted by Crippen LogP contribution is -2.43. The minimum Gasteiger partial charge on any atom is -0.355 e. The van der Waals surface area contributed by atoms with Gasteiger partial charge < -0.3 is 15.2 Å². The number of para-hydroxylation sites is 2. The molecule has 2 N–H and O–H groups in total. The van der Waals surface area contributed by atoms with Crippen molar-refractivity contribution in [1.82, 2.24) is 20.2 Å². The number of benzene rings is 1. The van der Waals surface area contributed by atoms with Crippen LogP contribution in [0.25, 0.3) is 11.0 Å². The summed E-state index contributed by atoms with van der Waals surface area (Å²) in [6.07, 6.45) is 1.09. The van der Waals surface area contributed by atoms with Crippen molar-refractivity contribution in [2.24, 2.45) is 5.92 Å². The molecule has 1 amide bonds. The molecule has 0 bridgehead atoms. The van der Waals surface area contributed by atoms with Crippen LogP contribution in [-0.4, -0.2) is 47.5 Å². The number of amides is 1. The molecule has 0 fully saturated rings. The van der Waals surface area contributed by atoms with E-state index in [-0.39, 0.29) is 5.91 Å². The third-order valence-electron chi connectivity index (χ3n) is 3.97. The number of fused-ring (bicyclic) bond motifs is 1. The van der Waals surface area contributed by atoms with E-state index >= 15 is 0 Å². The van der Waals surface area contributed by atoms with Crippen LogP contribution < -0.4 is 5.32 Å². The Morgan fingerprint density at radius 2 is 2.05 bits per heavy atom. The molecule has 22 heavy (non-hydrogen) atoms. The van der Waals surface area contributed by atoms with Crippen molar-refractivity contribution in [3.63, 3.8) is 0 Å². The van der Waals surface area contributed by atoms with Gasteiger partial charge in [0, 0.05) is 25.4 Å². The highest BCUT2D eigenvalue weighted by molar-refractivity contribution is 5.77. The highest BCUT2D eigenvalue weighted by Crippen LogP contribution is 2.11. The number of nitrogens with one attached hydrogen (secondary N) is 2. The fourth-order valence-electron chi connectivity index (χ4n) is 2.68. The number of rotatable bonds is 7. The smallest absolute Gasteiger partial charge is 0.220 e. The Bertz CT molecular complexity index is 577. The molecule has 1 aromatic carbocycles. The summed E-state index contributed by atoms with van der Waals surface area (Å²) in [6, 6.07) is 8.27. The number of imidazole rings is 1. The molecule has 5 heteroatoms. The fraction of sp³-hybridized carbons (Fsp3) is 0.529. The number of carbonyl (C=O) groups excluding carboxylic acids is 1. The van der Waals surface area contributed by atoms with E-state index in [1.807, 2.05) is 38.4 Å². The predicted molar refractivity (Wildman–Crippen MR) is 89.7 cm³/mol. The molecule has 0 saturated heterocycles. The first-order chi connectivity index (χ1) is 10.5. The van der Waals surface area contributed by atoms with Crippen molar-refractivity contribution in [2.45, 2.75) is 32.7 Å². The molecular formula is C17H26N4O. The third-order valence-corrected chi connectivity index (χ3v) is 3.97. The van der Waals surface area contributed by atoms with E-state index in [0.29, 0.717) is 31.3 Å². The molecule has 120 valence electrons. The molecular weight excluding hydrogens is 276 g/mol. The maximum absolute atomic E-state index is 12.0. The van der Waals surface area contributed by atoms with Crippen molar-refractivity contribution < 1.29 is 4.79 Å². The number of aromatic amines is 1. The SMILES string of the molecule is CC(C)[C@@H](CNC(=O)CCc1nc2ccccc2[nH]1)N(C)C. The summed E-state index contributed by atoms with van der Waals surface area (Å²) in [6.45, 7) is 5.03. The maximum Gasteiger partial charge on any atom is 0.220 e. The van der Waals surface area contributed by atoms with Gasteiger partial charge in [0.1, 0.15) is 5.82 Å². The highest BCUT2D eigenvalue weighted by atomic mass is 16.1. The first-order valence-electron chi connectivity index (χ1n) is 7.84. The van der Waals surface area contributed by atoms with Crippen LogP contribution in [-0.2, 0) is 11.2 Å². The second-order valence-corrected chi connectivity index (χ2v) is 6.28. The van der Waals surface area contributed by atoms with E-state index in [0.717, 1.165) is 16.9 Å². The van der Waals surface area contributed by atoms with Gasteiger partial charge in [-0.3, -0.25) is 4.79 Å². The van der Waals surface area contributed by atoms with Gasteiger partial charge in [-0.05, 0) is 32.1 Å². The second kappa shape index (κ2) is 7.40. The average Bonchev–Trinajstić information content (AvgIpc) is 2.87. The molecule has 0 saturated carbocycles. The molecule has 0 aliphatic rings. The number of nitrogens with zero attached hydrogens (tertiary/aromatic N) is 2. The van der Waals surface area contributed by atoms with E-state index < -0.39 is 0 Å². The minimum absolute atomic E-state index is 0.0768. The zero-order valence-corrected chi connectivity index (χ0v) is 13.9. The number of H-pyrrole nitrogens is 1. The van der Waals surface area contributed by atoms with Crippen molar-refractivity contribution in [1.29, 1.82) is 0 Å². The molecule has 1 aromatic heterocycles. The Morgan fingerprint density at radius 3 is 2.68 bits per heavy atom. The zero-order chi connectivity index (χ0) is 16.1. The molecule has 5 nitrogen and oxygen atoms in total. The number of likely N-dealkylation sites (N-methyl/N-ethyl adjacent to an activating group) is 1. The van der Waals surface area contributed by atoms with Gasteiger partial charge in [-0.25, -0.2) is 4.98 Å². The lowest BCUT2D eigenvalue weighted by Gasteiger charge is -2.28. The Morgan fingerprint density at radius 1 is 1.32 bits per heavy atom. The summed E-state index contributed by atoms with van der Waals surface area (Å²) in [5.41, 5.74) is 1.97. The molecule has 0 spiro atoms. The summed E-state index contributed by atoms with van der Waals surface area (Å²) < 4.78 is 0. The van der Waals surface area contributed by atoms with Crippen molar-refractivity contribution >= 4 is 16.9 Å². The van der Waals surface area contributed by atoms with E-state index in [1.165, 1.54) is 0 Å². The van der Waals surface area contributed by atoms with E-state index in [4.69, 9.17) is 0 Å². The van der Waals surface area contributed by atoms with E-state index in [2.05, 4.69) is 34.0 Å². The Labute approximate surface area is 132 Å². The standard InChI is InChI=1S/C17H26N4O/c1-12(2)15(21(3)4)11-18-17(22)10-9-16-19-13-7-5-6-8-14(13)20-16/h5-8,12,15H,9-11H2,1-4H3,(H,18,22)(H,19,20)/t15-/m1/s1. The van der Waals surface area contributed by atoms with Gasteiger partial charge in [0.15, 0.2) is 0 Å². The Kier molecular flexibility index (Phi) is 5.55. The lowest BCUT2D eigenvalue weighted by atomic mass is 10.0. The maximum atomic E-state index is 12.0. The van der Waals surface area contributed by atoms with E-state index in [9.17, 15) is 4.79 Å². The number of hydrogen-bond donors (Lipinski definition) is 2. The number of aromatic nitrogens is 2. The van der Waals surface area contributed by atoms with Crippen molar-refractivity contribution in [3.8, 4) is 0 Å². The number of hydrogen-bond acceptors (Lipinski definition) is 3. The normalized spacial score (nSPS) is 13.0. The van der Waals surface area contributed by atoms with Crippen LogP contribution in [0.15, 0.2) is 24.3 Å². The van der Waals surface area contributed by atoms with Crippen molar-refractivity contribution in [3.05, 3.63) is 30.1 Å². The van der Waals surface area contributed by atoms with Gasteiger partial charge in [-0.1, -0.05) is 26.0 Å². The third kappa shape index (κ3) is 4.31. The first kappa shape index (κ1) is 16.5. The van der Waals surface area contributed by atoms with Crippen LogP contribution in [0, 0.1) is 5.92 Å². The molecule has 0 radical (unpaired) electrons. The van der Waals surface area contributed by atoms with E-state index in [1.54, 1.807) is 0 Å². The van der Waals surface area contributed by atoms with Crippen LogP contribution >= 0.6 is 0 Å². The minimum atomic E-state index is 0.0768. The summed E-state index contributed by atoms with van der Waals surface area (Å²) in [5, 5.41) is 3.03. The van der Waals surface area contributed by atoms with Gasteiger partial charge in [-0.15, -0.1) is 0 Å². The number of carbonyl (C=O) groups is 1. The molecule has 1 atom stereocenters. The summed E-state index contributed by atoms with van der Waals surface area (Å²) in [7, 11) is 4.09. The monoisotopic (exact) mass is 302 g/mol. The largest absolute Gasteiger partial charge is 0.355 e. The number of aryl methyl sites for hydroxylation is 1. The van der Waals surface area contributed by atoms with Gasteiger partial charge in [0.05, 0.1) is 11.0 Å². The summed E-state index contributed by atoms with van der Waals surface area (Å²) >= 11 is 0. The van der Waals surface area contributed by atoms with Gasteiger partial charge in [0.2, 0.25) is 5.91 Å². The average molecular weight is 302 g/mol. The molecule has 0 unspecified atom stereocenters.